The topological polar surface area (TPSA) is 34.2 Å². The number of hydrogen-bond donors (Lipinski definition) is 1. The van der Waals surface area contributed by atoms with Crippen molar-refractivity contribution in [2.45, 2.75) is 51.3 Å². The number of ether oxygens (including phenoxy) is 1. The van der Waals surface area contributed by atoms with Crippen molar-refractivity contribution in [2.75, 3.05) is 6.61 Å². The van der Waals surface area contributed by atoms with Crippen LogP contribution in [0, 0.1) is 0 Å². The fourth-order valence-electron chi connectivity index (χ4n) is 2.35. The van der Waals surface area contributed by atoms with Crippen LogP contribution in [0.3, 0.4) is 0 Å². The Bertz CT molecular complexity index is 313. The molecule has 2 unspecified atom stereocenters. The highest BCUT2D eigenvalue weighted by molar-refractivity contribution is 5.08. The lowest BCUT2D eigenvalue weighted by molar-refractivity contribution is -0.00343. The third-order valence-electron chi connectivity index (χ3n) is 3.30. The number of nitrogens with one attached hydrogen (secondary N) is 1. The highest BCUT2D eigenvalue weighted by Crippen LogP contribution is 2.18. The van der Waals surface area contributed by atoms with Crippen LogP contribution >= 0.6 is 0 Å². The molecular formula is C14H22N2O. The fraction of sp³-hybridized carbons (Fsp3) is 0.643. The molecule has 1 aliphatic rings. The monoisotopic (exact) mass is 234 g/mol. The van der Waals surface area contributed by atoms with E-state index in [9.17, 15) is 0 Å². The van der Waals surface area contributed by atoms with E-state index in [0.29, 0.717) is 12.1 Å². The molecule has 1 aromatic rings. The number of aromatic nitrogens is 1. The van der Waals surface area contributed by atoms with E-state index >= 15 is 0 Å². The van der Waals surface area contributed by atoms with Crippen molar-refractivity contribution in [1.29, 1.82) is 0 Å². The van der Waals surface area contributed by atoms with E-state index in [0.717, 1.165) is 26.0 Å². The molecule has 3 heteroatoms. The number of pyridine rings is 1. The van der Waals surface area contributed by atoms with Crippen LogP contribution < -0.4 is 5.32 Å². The van der Waals surface area contributed by atoms with E-state index in [1.54, 1.807) is 0 Å². The van der Waals surface area contributed by atoms with Crippen LogP contribution in [-0.2, 0) is 11.3 Å². The summed E-state index contributed by atoms with van der Waals surface area (Å²) >= 11 is 0. The van der Waals surface area contributed by atoms with Crippen molar-refractivity contribution in [2.24, 2.45) is 0 Å². The molecular weight excluding hydrogens is 212 g/mol. The molecule has 1 aliphatic heterocycles. The van der Waals surface area contributed by atoms with Gasteiger partial charge in [-0.1, -0.05) is 19.4 Å². The Morgan fingerprint density at radius 1 is 1.53 bits per heavy atom. The molecule has 0 spiro atoms. The minimum atomic E-state index is 0.458. The molecule has 0 aliphatic carbocycles. The van der Waals surface area contributed by atoms with Crippen LogP contribution in [0.25, 0.3) is 0 Å². The first-order valence-corrected chi connectivity index (χ1v) is 6.62. The molecule has 94 valence electrons. The molecule has 0 saturated carbocycles. The molecule has 17 heavy (non-hydrogen) atoms. The van der Waals surface area contributed by atoms with Crippen LogP contribution in [-0.4, -0.2) is 23.7 Å². The molecule has 1 saturated heterocycles. The highest BCUT2D eigenvalue weighted by atomic mass is 16.5. The Morgan fingerprint density at radius 3 is 3.24 bits per heavy atom. The third kappa shape index (κ3) is 4.10. The summed E-state index contributed by atoms with van der Waals surface area (Å²) in [5.74, 6) is 0. The van der Waals surface area contributed by atoms with Crippen LogP contribution in [0.1, 0.15) is 38.2 Å². The molecule has 1 fully saturated rings. The van der Waals surface area contributed by atoms with Gasteiger partial charge in [-0.3, -0.25) is 4.98 Å². The van der Waals surface area contributed by atoms with Crippen molar-refractivity contribution in [3.05, 3.63) is 30.1 Å². The van der Waals surface area contributed by atoms with Crippen molar-refractivity contribution >= 4 is 0 Å². The molecule has 1 aromatic heterocycles. The number of hydrogen-bond acceptors (Lipinski definition) is 3. The van der Waals surface area contributed by atoms with Gasteiger partial charge in [0.2, 0.25) is 0 Å². The van der Waals surface area contributed by atoms with E-state index in [1.165, 1.54) is 18.4 Å². The van der Waals surface area contributed by atoms with Crippen molar-refractivity contribution in [3.63, 3.8) is 0 Å². The second-order valence-corrected chi connectivity index (χ2v) is 4.74. The summed E-state index contributed by atoms with van der Waals surface area (Å²) < 4.78 is 5.75. The SMILES string of the molecule is CCCC1CC(NCc2cccnc2)CCO1. The first-order valence-electron chi connectivity index (χ1n) is 6.62. The maximum atomic E-state index is 5.75. The van der Waals surface area contributed by atoms with E-state index < -0.39 is 0 Å². The number of rotatable bonds is 5. The van der Waals surface area contributed by atoms with Crippen LogP contribution in [0.2, 0.25) is 0 Å². The molecule has 0 radical (unpaired) electrons. The van der Waals surface area contributed by atoms with Gasteiger partial charge in [0.1, 0.15) is 0 Å². The third-order valence-corrected chi connectivity index (χ3v) is 3.30. The zero-order valence-corrected chi connectivity index (χ0v) is 10.6. The van der Waals surface area contributed by atoms with Crippen LogP contribution in [0.4, 0.5) is 0 Å². The van der Waals surface area contributed by atoms with Crippen molar-refractivity contribution in [1.82, 2.24) is 10.3 Å². The highest BCUT2D eigenvalue weighted by Gasteiger charge is 2.21. The molecule has 2 rings (SSSR count). The Morgan fingerprint density at radius 2 is 2.47 bits per heavy atom. The van der Waals surface area contributed by atoms with Gasteiger partial charge in [-0.15, -0.1) is 0 Å². The van der Waals surface area contributed by atoms with Crippen LogP contribution in [0.5, 0.6) is 0 Å². The first kappa shape index (κ1) is 12.5. The molecule has 2 heterocycles. The normalized spacial score (nSPS) is 24.8. The van der Waals surface area contributed by atoms with Gasteiger partial charge in [0.15, 0.2) is 0 Å². The average Bonchev–Trinajstić information content (AvgIpc) is 2.39. The molecule has 1 N–H and O–H groups in total. The van der Waals surface area contributed by atoms with Gasteiger partial charge in [-0.05, 0) is 30.9 Å². The Balaban J connectivity index is 1.75. The minimum Gasteiger partial charge on any atom is -0.378 e. The van der Waals surface area contributed by atoms with Crippen molar-refractivity contribution < 1.29 is 4.74 Å². The molecule has 0 amide bonds. The quantitative estimate of drug-likeness (QED) is 0.850. The van der Waals surface area contributed by atoms with Gasteiger partial charge >= 0.3 is 0 Å². The molecule has 3 nitrogen and oxygen atoms in total. The average molecular weight is 234 g/mol. The molecule has 0 aromatic carbocycles. The maximum Gasteiger partial charge on any atom is 0.0589 e. The second kappa shape index (κ2) is 6.72. The summed E-state index contributed by atoms with van der Waals surface area (Å²) in [7, 11) is 0. The predicted octanol–water partition coefficient (Wildman–Crippen LogP) is 2.52. The zero-order chi connectivity index (χ0) is 11.9. The second-order valence-electron chi connectivity index (χ2n) is 4.74. The summed E-state index contributed by atoms with van der Waals surface area (Å²) in [6.07, 6.45) is 8.87. The first-order chi connectivity index (χ1) is 8.38. The molecule has 0 bridgehead atoms. The van der Waals surface area contributed by atoms with Crippen LogP contribution in [0.15, 0.2) is 24.5 Å². The lowest BCUT2D eigenvalue weighted by Gasteiger charge is -2.30. The maximum absolute atomic E-state index is 5.75. The lowest BCUT2D eigenvalue weighted by Crippen LogP contribution is -2.38. The smallest absolute Gasteiger partial charge is 0.0589 e. The summed E-state index contributed by atoms with van der Waals surface area (Å²) in [6.45, 7) is 4.03. The predicted molar refractivity (Wildman–Crippen MR) is 68.7 cm³/mol. The summed E-state index contributed by atoms with van der Waals surface area (Å²) in [6, 6.07) is 4.70. The minimum absolute atomic E-state index is 0.458. The van der Waals surface area contributed by atoms with E-state index in [2.05, 4.69) is 23.3 Å². The zero-order valence-electron chi connectivity index (χ0n) is 10.6. The Hall–Kier alpha value is -0.930. The lowest BCUT2D eigenvalue weighted by atomic mass is 10.00. The largest absolute Gasteiger partial charge is 0.378 e. The fourth-order valence-corrected chi connectivity index (χ4v) is 2.35. The van der Waals surface area contributed by atoms with Gasteiger partial charge in [0.05, 0.1) is 6.10 Å². The van der Waals surface area contributed by atoms with E-state index in [4.69, 9.17) is 4.74 Å². The Labute approximate surface area is 104 Å². The van der Waals surface area contributed by atoms with E-state index in [-0.39, 0.29) is 0 Å². The van der Waals surface area contributed by atoms with Gasteiger partial charge in [0, 0.05) is 31.6 Å². The summed E-state index contributed by atoms with van der Waals surface area (Å²) in [5.41, 5.74) is 1.26. The van der Waals surface area contributed by atoms with Gasteiger partial charge < -0.3 is 10.1 Å². The van der Waals surface area contributed by atoms with Gasteiger partial charge in [0.25, 0.3) is 0 Å². The van der Waals surface area contributed by atoms with E-state index in [1.807, 2.05) is 18.5 Å². The summed E-state index contributed by atoms with van der Waals surface area (Å²) in [4.78, 5) is 4.13. The van der Waals surface area contributed by atoms with Gasteiger partial charge in [-0.25, -0.2) is 0 Å². The standard InChI is InChI=1S/C14H22N2O/c1-2-4-14-9-13(6-8-17-14)16-11-12-5-3-7-15-10-12/h3,5,7,10,13-14,16H,2,4,6,8-9,11H2,1H3. The Kier molecular flexibility index (Phi) is 4.95. The molecule has 2 atom stereocenters. The summed E-state index contributed by atoms with van der Waals surface area (Å²) in [5, 5.41) is 3.61. The number of nitrogens with zero attached hydrogens (tertiary/aromatic N) is 1. The van der Waals surface area contributed by atoms with Crippen molar-refractivity contribution in [3.8, 4) is 0 Å². The van der Waals surface area contributed by atoms with Gasteiger partial charge in [-0.2, -0.15) is 0 Å².